The normalized spacial score (nSPS) is 10.1. The molecule has 5 N–H and O–H groups in total. The molecule has 0 saturated carbocycles. The maximum atomic E-state index is 12.4. The molecule has 0 aliphatic rings. The Morgan fingerprint density at radius 3 is 2.17 bits per heavy atom. The number of aliphatic hydroxyl groups is 1. The van der Waals surface area contributed by atoms with Crippen LogP contribution in [-0.2, 0) is 6.54 Å². The molecular formula is C24H23ClN6O4. The number of benzene rings is 3. The van der Waals surface area contributed by atoms with Gasteiger partial charge in [-0.1, -0.05) is 23.7 Å². The summed E-state index contributed by atoms with van der Waals surface area (Å²) < 4.78 is 5.71. The Bertz CT molecular complexity index is 1160. The molecule has 0 saturated heterocycles. The molecule has 0 atom stereocenters. The van der Waals surface area contributed by atoms with Crippen molar-refractivity contribution in [2.45, 2.75) is 6.54 Å². The van der Waals surface area contributed by atoms with Crippen molar-refractivity contribution < 1.29 is 19.4 Å². The Morgan fingerprint density at radius 1 is 0.943 bits per heavy atom. The first-order chi connectivity index (χ1) is 17.0. The van der Waals surface area contributed by atoms with Crippen molar-refractivity contribution in [1.82, 2.24) is 21.2 Å². The van der Waals surface area contributed by atoms with Crippen LogP contribution in [0.15, 0.2) is 72.8 Å². The van der Waals surface area contributed by atoms with Gasteiger partial charge < -0.3 is 20.6 Å². The van der Waals surface area contributed by atoms with Gasteiger partial charge in [0.15, 0.2) is 0 Å². The van der Waals surface area contributed by atoms with Crippen LogP contribution in [0.4, 0.5) is 15.3 Å². The van der Waals surface area contributed by atoms with Crippen molar-refractivity contribution in [3.63, 3.8) is 0 Å². The van der Waals surface area contributed by atoms with Crippen LogP contribution in [0.1, 0.15) is 11.1 Å². The summed E-state index contributed by atoms with van der Waals surface area (Å²) in [6.45, 7) is -0.398. The van der Waals surface area contributed by atoms with Crippen LogP contribution in [0.25, 0.3) is 0 Å². The number of hydrogen-bond donors (Lipinski definition) is 5. The first kappa shape index (κ1) is 25.3. The number of aliphatic hydroxyl groups excluding tert-OH is 1. The Labute approximate surface area is 207 Å². The number of amides is 4. The third-order valence-electron chi connectivity index (χ3n) is 4.62. The van der Waals surface area contributed by atoms with Gasteiger partial charge >= 0.3 is 12.1 Å². The fourth-order valence-electron chi connectivity index (χ4n) is 2.83. The highest BCUT2D eigenvalue weighted by Gasteiger charge is 2.20. The SMILES string of the molecule is N#Cc1ccc(Oc2ccc(NNNC(=O)N(CCO)C(=O)NCc3ccc(Cl)cc3)cc2)cc1. The number of carbonyl (C=O) groups excluding carboxylic acids is 2. The van der Waals surface area contributed by atoms with E-state index in [9.17, 15) is 14.7 Å². The lowest BCUT2D eigenvalue weighted by molar-refractivity contribution is 0.169. The molecular weight excluding hydrogens is 472 g/mol. The lowest BCUT2D eigenvalue weighted by Crippen LogP contribution is -2.54. The minimum Gasteiger partial charge on any atom is -0.457 e. The number of anilines is 1. The largest absolute Gasteiger partial charge is 0.457 e. The molecule has 0 heterocycles. The van der Waals surface area contributed by atoms with E-state index in [0.29, 0.717) is 27.8 Å². The number of halogens is 1. The number of hydrogen-bond acceptors (Lipinski definition) is 7. The van der Waals surface area contributed by atoms with Gasteiger partial charge in [-0.25, -0.2) is 14.5 Å². The summed E-state index contributed by atoms with van der Waals surface area (Å²) in [5, 5.41) is 21.3. The number of hydrazine groups is 2. The topological polar surface area (TPSA) is 139 Å². The van der Waals surface area contributed by atoms with Gasteiger partial charge in [-0.3, -0.25) is 5.43 Å². The second-order valence-corrected chi connectivity index (χ2v) is 7.54. The fourth-order valence-corrected chi connectivity index (χ4v) is 2.96. The summed E-state index contributed by atoms with van der Waals surface area (Å²) in [6.07, 6.45) is 0. The zero-order valence-electron chi connectivity index (χ0n) is 18.5. The molecule has 11 heteroatoms. The second kappa shape index (κ2) is 12.8. The predicted molar refractivity (Wildman–Crippen MR) is 130 cm³/mol. The van der Waals surface area contributed by atoms with E-state index in [1.54, 1.807) is 72.8 Å². The van der Waals surface area contributed by atoms with Gasteiger partial charge in [0.25, 0.3) is 0 Å². The second-order valence-electron chi connectivity index (χ2n) is 7.10. The smallest absolute Gasteiger partial charge is 0.341 e. The molecule has 3 aromatic rings. The number of rotatable bonds is 9. The molecule has 0 aromatic heterocycles. The third kappa shape index (κ3) is 7.90. The number of nitriles is 1. The van der Waals surface area contributed by atoms with Crippen molar-refractivity contribution in [1.29, 1.82) is 5.26 Å². The van der Waals surface area contributed by atoms with Crippen LogP contribution in [0, 0.1) is 11.3 Å². The average molecular weight is 495 g/mol. The van der Waals surface area contributed by atoms with Gasteiger partial charge in [0.05, 0.1) is 30.5 Å². The average Bonchev–Trinajstić information content (AvgIpc) is 2.88. The minimum atomic E-state index is -0.763. The van der Waals surface area contributed by atoms with E-state index in [2.05, 4.69) is 21.7 Å². The first-order valence-electron chi connectivity index (χ1n) is 10.5. The molecule has 4 amide bonds. The maximum Gasteiger partial charge on any atom is 0.341 e. The summed E-state index contributed by atoms with van der Waals surface area (Å²) in [6, 6.07) is 21.1. The summed E-state index contributed by atoms with van der Waals surface area (Å²) in [5.74, 6) is 1.17. The van der Waals surface area contributed by atoms with E-state index >= 15 is 0 Å². The van der Waals surface area contributed by atoms with E-state index in [1.807, 2.05) is 6.07 Å². The predicted octanol–water partition coefficient (Wildman–Crippen LogP) is 3.75. The van der Waals surface area contributed by atoms with E-state index in [0.717, 1.165) is 10.5 Å². The van der Waals surface area contributed by atoms with Crippen LogP contribution < -0.4 is 26.4 Å². The Kier molecular flexibility index (Phi) is 9.27. The number of urea groups is 2. The molecule has 180 valence electrons. The van der Waals surface area contributed by atoms with Gasteiger partial charge in [-0.05, 0) is 66.2 Å². The number of nitrogens with one attached hydrogen (secondary N) is 4. The molecule has 3 rings (SSSR count). The maximum absolute atomic E-state index is 12.4. The molecule has 3 aromatic carbocycles. The molecule has 0 aliphatic carbocycles. The number of carbonyl (C=O) groups is 2. The Morgan fingerprint density at radius 2 is 1.57 bits per heavy atom. The lowest BCUT2D eigenvalue weighted by atomic mass is 10.2. The van der Waals surface area contributed by atoms with Crippen LogP contribution in [0.5, 0.6) is 11.5 Å². The summed E-state index contributed by atoms with van der Waals surface area (Å²) in [4.78, 5) is 25.6. The van der Waals surface area contributed by atoms with Gasteiger partial charge in [-0.2, -0.15) is 5.26 Å². The first-order valence-corrected chi connectivity index (χ1v) is 10.9. The molecule has 0 aliphatic heterocycles. The quantitative estimate of drug-likeness (QED) is 0.285. The van der Waals surface area contributed by atoms with Crippen LogP contribution in [0.3, 0.4) is 0 Å². The van der Waals surface area contributed by atoms with Crippen molar-refractivity contribution in [3.05, 3.63) is 88.9 Å². The van der Waals surface area contributed by atoms with Crippen LogP contribution in [0.2, 0.25) is 5.02 Å². The molecule has 35 heavy (non-hydrogen) atoms. The summed E-state index contributed by atoms with van der Waals surface area (Å²) in [5.41, 5.74) is 9.60. The van der Waals surface area contributed by atoms with E-state index in [1.165, 1.54) is 0 Å². The Hall–Kier alpha value is -4.30. The van der Waals surface area contributed by atoms with Crippen molar-refractivity contribution in [2.24, 2.45) is 0 Å². The molecule has 0 spiro atoms. The lowest BCUT2D eigenvalue weighted by Gasteiger charge is -2.21. The number of nitrogens with zero attached hydrogens (tertiary/aromatic N) is 2. The van der Waals surface area contributed by atoms with Crippen molar-refractivity contribution >= 4 is 29.4 Å². The highest BCUT2D eigenvalue weighted by Crippen LogP contribution is 2.23. The number of imide groups is 1. The fraction of sp³-hybridized carbons (Fsp3) is 0.125. The monoisotopic (exact) mass is 494 g/mol. The zero-order chi connectivity index (χ0) is 25.0. The molecule has 0 bridgehead atoms. The van der Waals surface area contributed by atoms with Gasteiger partial charge in [0.1, 0.15) is 11.5 Å². The molecule has 0 unspecified atom stereocenters. The van der Waals surface area contributed by atoms with Crippen molar-refractivity contribution in [3.8, 4) is 17.6 Å². The van der Waals surface area contributed by atoms with Gasteiger partial charge in [0, 0.05) is 11.6 Å². The summed E-state index contributed by atoms with van der Waals surface area (Å²) >= 11 is 5.85. The minimum absolute atomic E-state index is 0.188. The third-order valence-corrected chi connectivity index (χ3v) is 4.87. The van der Waals surface area contributed by atoms with E-state index in [4.69, 9.17) is 21.6 Å². The van der Waals surface area contributed by atoms with E-state index < -0.39 is 18.7 Å². The summed E-state index contributed by atoms with van der Waals surface area (Å²) in [7, 11) is 0. The van der Waals surface area contributed by atoms with Gasteiger partial charge in [0.2, 0.25) is 0 Å². The molecule has 0 radical (unpaired) electrons. The standard InChI is InChI=1S/C24H23ClN6O4/c25-19-5-1-18(2-6-19)16-27-23(33)31(13-14-32)24(34)29-30-28-20-7-11-22(12-8-20)35-21-9-3-17(15-26)4-10-21/h1-12,28,30,32H,13-14,16H2,(H,27,33)(H,29,34). The van der Waals surface area contributed by atoms with Crippen LogP contribution in [-0.4, -0.2) is 35.2 Å². The highest BCUT2D eigenvalue weighted by molar-refractivity contribution is 6.30. The molecule has 0 fully saturated rings. The number of ether oxygens (including phenoxy) is 1. The highest BCUT2D eigenvalue weighted by atomic mass is 35.5. The van der Waals surface area contributed by atoms with Gasteiger partial charge in [-0.15, -0.1) is 5.53 Å². The molecule has 10 nitrogen and oxygen atoms in total. The van der Waals surface area contributed by atoms with E-state index in [-0.39, 0.29) is 13.1 Å². The zero-order valence-corrected chi connectivity index (χ0v) is 19.2. The van der Waals surface area contributed by atoms with Crippen molar-refractivity contribution in [2.75, 3.05) is 18.6 Å². The Balaban J connectivity index is 1.46. The van der Waals surface area contributed by atoms with Crippen LogP contribution >= 0.6 is 11.6 Å².